The summed E-state index contributed by atoms with van der Waals surface area (Å²) >= 11 is 0. The molecule has 2 aromatic carbocycles. The molecule has 3 rings (SSSR count). The molecule has 33 heavy (non-hydrogen) atoms. The van der Waals surface area contributed by atoms with E-state index in [1.54, 1.807) is 20.8 Å². The summed E-state index contributed by atoms with van der Waals surface area (Å²) in [6, 6.07) is 14.9. The van der Waals surface area contributed by atoms with Gasteiger partial charge in [0.15, 0.2) is 0 Å². The number of alkyl carbamates (subject to hydrolysis) is 1. The minimum absolute atomic E-state index is 0.103. The van der Waals surface area contributed by atoms with Gasteiger partial charge >= 0.3 is 12.1 Å². The van der Waals surface area contributed by atoms with Crippen LogP contribution >= 0.6 is 0 Å². The molecule has 2 aromatic rings. The number of carboxylic acids is 1. The summed E-state index contributed by atoms with van der Waals surface area (Å²) in [6.45, 7) is 4.68. The SMILES string of the molecule is COC[C@H](NC(=O)OCC1c2ccccc2-c2ccccc21)C(=O)N(CC(=O)O)C(C)(C)C. The summed E-state index contributed by atoms with van der Waals surface area (Å²) in [5.41, 5.74) is 3.63. The van der Waals surface area contributed by atoms with E-state index in [2.05, 4.69) is 5.32 Å². The first-order valence-electron chi connectivity index (χ1n) is 10.8. The average molecular weight is 455 g/mol. The Labute approximate surface area is 193 Å². The minimum atomic E-state index is -1.14. The molecule has 176 valence electrons. The predicted octanol–water partition coefficient (Wildman–Crippen LogP) is 3.25. The zero-order valence-corrected chi connectivity index (χ0v) is 19.3. The van der Waals surface area contributed by atoms with Gasteiger partial charge in [-0.05, 0) is 43.0 Å². The largest absolute Gasteiger partial charge is 0.480 e. The number of benzene rings is 2. The van der Waals surface area contributed by atoms with Gasteiger partial charge in [-0.2, -0.15) is 0 Å². The number of carbonyl (C=O) groups is 3. The number of methoxy groups -OCH3 is 1. The van der Waals surface area contributed by atoms with Crippen LogP contribution in [0.2, 0.25) is 0 Å². The second kappa shape index (κ2) is 10.0. The number of ether oxygens (including phenoxy) is 2. The number of amides is 2. The van der Waals surface area contributed by atoms with E-state index < -0.39 is 36.1 Å². The summed E-state index contributed by atoms with van der Waals surface area (Å²) in [6.07, 6.45) is -0.767. The van der Waals surface area contributed by atoms with Crippen molar-refractivity contribution in [3.05, 3.63) is 59.7 Å². The number of rotatable bonds is 8. The van der Waals surface area contributed by atoms with Gasteiger partial charge in [-0.1, -0.05) is 48.5 Å². The molecular formula is C25H30N2O6. The third-order valence-corrected chi connectivity index (χ3v) is 5.64. The first-order chi connectivity index (χ1) is 15.6. The number of nitrogens with zero attached hydrogens (tertiary/aromatic N) is 1. The van der Waals surface area contributed by atoms with Gasteiger partial charge in [-0.25, -0.2) is 4.79 Å². The number of aliphatic carboxylic acids is 1. The van der Waals surface area contributed by atoms with Gasteiger partial charge in [-0.15, -0.1) is 0 Å². The number of carboxylic acid groups (broad SMARTS) is 1. The highest BCUT2D eigenvalue weighted by molar-refractivity contribution is 5.89. The maximum atomic E-state index is 13.1. The van der Waals surface area contributed by atoms with E-state index in [1.165, 1.54) is 12.0 Å². The molecule has 0 aliphatic heterocycles. The number of nitrogens with one attached hydrogen (secondary N) is 1. The zero-order valence-electron chi connectivity index (χ0n) is 19.3. The van der Waals surface area contributed by atoms with Crippen molar-refractivity contribution < 1.29 is 29.0 Å². The number of hydrogen-bond acceptors (Lipinski definition) is 5. The zero-order chi connectivity index (χ0) is 24.2. The molecule has 0 aromatic heterocycles. The molecule has 0 spiro atoms. The quantitative estimate of drug-likeness (QED) is 0.634. The Morgan fingerprint density at radius 3 is 2.06 bits per heavy atom. The normalized spacial score (nSPS) is 13.6. The van der Waals surface area contributed by atoms with E-state index in [1.807, 2.05) is 48.5 Å². The molecule has 0 bridgehead atoms. The molecule has 0 saturated carbocycles. The van der Waals surface area contributed by atoms with E-state index in [4.69, 9.17) is 9.47 Å². The van der Waals surface area contributed by atoms with Crippen LogP contribution in [0.4, 0.5) is 4.79 Å². The van der Waals surface area contributed by atoms with Crippen LogP contribution in [0.1, 0.15) is 37.8 Å². The van der Waals surface area contributed by atoms with E-state index in [0.717, 1.165) is 22.3 Å². The maximum absolute atomic E-state index is 13.1. The van der Waals surface area contributed by atoms with Gasteiger partial charge in [-0.3, -0.25) is 9.59 Å². The highest BCUT2D eigenvalue weighted by Crippen LogP contribution is 2.44. The van der Waals surface area contributed by atoms with Crippen molar-refractivity contribution in [1.82, 2.24) is 10.2 Å². The van der Waals surface area contributed by atoms with Crippen molar-refractivity contribution >= 4 is 18.0 Å². The van der Waals surface area contributed by atoms with Crippen LogP contribution in [-0.2, 0) is 19.1 Å². The molecule has 2 amide bonds. The highest BCUT2D eigenvalue weighted by Gasteiger charge is 2.35. The van der Waals surface area contributed by atoms with Gasteiger partial charge in [0, 0.05) is 18.6 Å². The Bertz CT molecular complexity index is 984. The standard InChI is InChI=1S/C25H30N2O6/c1-25(2,3)27(13-22(28)29)23(30)21(15-32-4)26-24(31)33-14-20-18-11-7-5-9-16(18)17-10-6-8-12-19(17)20/h5-12,20-21H,13-15H2,1-4H3,(H,26,31)(H,28,29)/t21-/m0/s1. The molecule has 2 N–H and O–H groups in total. The Hall–Kier alpha value is -3.39. The van der Waals surface area contributed by atoms with Crippen molar-refractivity contribution in [3.63, 3.8) is 0 Å². The lowest BCUT2D eigenvalue weighted by molar-refractivity contribution is -0.150. The molecule has 0 saturated heterocycles. The number of hydrogen-bond donors (Lipinski definition) is 2. The van der Waals surface area contributed by atoms with E-state index in [9.17, 15) is 19.5 Å². The fourth-order valence-corrected chi connectivity index (χ4v) is 4.09. The summed E-state index contributed by atoms with van der Waals surface area (Å²) in [5.74, 6) is -1.81. The van der Waals surface area contributed by atoms with Gasteiger partial charge in [0.2, 0.25) is 5.91 Å². The predicted molar refractivity (Wildman–Crippen MR) is 123 cm³/mol. The molecule has 8 heteroatoms. The second-order valence-corrected chi connectivity index (χ2v) is 8.97. The average Bonchev–Trinajstić information content (AvgIpc) is 3.08. The van der Waals surface area contributed by atoms with Gasteiger partial charge in [0.1, 0.15) is 19.2 Å². The molecular weight excluding hydrogens is 424 g/mol. The van der Waals surface area contributed by atoms with Crippen molar-refractivity contribution in [1.29, 1.82) is 0 Å². The van der Waals surface area contributed by atoms with Crippen LogP contribution in [0.15, 0.2) is 48.5 Å². The topological polar surface area (TPSA) is 105 Å². The van der Waals surface area contributed by atoms with Crippen molar-refractivity contribution in [2.45, 2.75) is 38.3 Å². The fraction of sp³-hybridized carbons (Fsp3) is 0.400. The van der Waals surface area contributed by atoms with Gasteiger partial charge in [0.05, 0.1) is 6.61 Å². The molecule has 0 radical (unpaired) electrons. The Kier molecular flexibility index (Phi) is 7.38. The Morgan fingerprint density at radius 2 is 1.58 bits per heavy atom. The lowest BCUT2D eigenvalue weighted by Gasteiger charge is -2.36. The summed E-state index contributed by atoms with van der Waals surface area (Å²) in [4.78, 5) is 38.2. The Morgan fingerprint density at radius 1 is 1.03 bits per heavy atom. The van der Waals surface area contributed by atoms with Crippen LogP contribution in [0, 0.1) is 0 Å². The van der Waals surface area contributed by atoms with Gasteiger partial charge < -0.3 is 24.8 Å². The van der Waals surface area contributed by atoms with Gasteiger partial charge in [0.25, 0.3) is 0 Å². The van der Waals surface area contributed by atoms with Crippen LogP contribution in [0.3, 0.4) is 0 Å². The summed E-state index contributed by atoms with van der Waals surface area (Å²) < 4.78 is 10.6. The lowest BCUT2D eigenvalue weighted by atomic mass is 9.98. The number of carbonyl (C=O) groups excluding carboxylic acids is 2. The van der Waals surface area contributed by atoms with Crippen molar-refractivity contribution in [2.24, 2.45) is 0 Å². The van der Waals surface area contributed by atoms with Crippen molar-refractivity contribution in [3.8, 4) is 11.1 Å². The molecule has 1 aliphatic rings. The third-order valence-electron chi connectivity index (χ3n) is 5.64. The summed E-state index contributed by atoms with van der Waals surface area (Å²) in [7, 11) is 1.40. The third kappa shape index (κ3) is 5.51. The molecule has 8 nitrogen and oxygen atoms in total. The van der Waals surface area contributed by atoms with E-state index >= 15 is 0 Å². The first kappa shape index (κ1) is 24.3. The number of fused-ring (bicyclic) bond motifs is 3. The smallest absolute Gasteiger partial charge is 0.407 e. The van der Waals surface area contributed by atoms with Crippen molar-refractivity contribution in [2.75, 3.05) is 26.9 Å². The Balaban J connectivity index is 1.71. The van der Waals surface area contributed by atoms with E-state index in [0.29, 0.717) is 0 Å². The maximum Gasteiger partial charge on any atom is 0.407 e. The monoisotopic (exact) mass is 454 g/mol. The first-order valence-corrected chi connectivity index (χ1v) is 10.8. The van der Waals surface area contributed by atoms with Crippen LogP contribution < -0.4 is 5.32 Å². The fourth-order valence-electron chi connectivity index (χ4n) is 4.09. The molecule has 1 atom stereocenters. The van der Waals surface area contributed by atoms with E-state index in [-0.39, 0.29) is 19.1 Å². The molecule has 0 unspecified atom stereocenters. The molecule has 0 fully saturated rings. The molecule has 1 aliphatic carbocycles. The summed E-state index contributed by atoms with van der Waals surface area (Å²) in [5, 5.41) is 11.8. The van der Waals surface area contributed by atoms with Crippen LogP contribution in [-0.4, -0.2) is 66.4 Å². The lowest BCUT2D eigenvalue weighted by Crippen LogP contribution is -2.57. The van der Waals surface area contributed by atoms with Crippen LogP contribution in [0.5, 0.6) is 0 Å². The van der Waals surface area contributed by atoms with Crippen LogP contribution in [0.25, 0.3) is 11.1 Å². The highest BCUT2D eigenvalue weighted by atomic mass is 16.5. The molecule has 0 heterocycles. The minimum Gasteiger partial charge on any atom is -0.480 e. The second-order valence-electron chi connectivity index (χ2n) is 8.97.